The lowest BCUT2D eigenvalue weighted by atomic mass is 10.0. The first-order valence-corrected chi connectivity index (χ1v) is 7.77. The van der Waals surface area contributed by atoms with Crippen LogP contribution in [0.4, 0.5) is 18.9 Å². The van der Waals surface area contributed by atoms with Crippen LogP contribution in [0, 0.1) is 17.5 Å². The summed E-state index contributed by atoms with van der Waals surface area (Å²) in [6.45, 7) is 0.897. The summed E-state index contributed by atoms with van der Waals surface area (Å²) in [4.78, 5) is 14.2. The predicted molar refractivity (Wildman–Crippen MR) is 84.9 cm³/mol. The van der Waals surface area contributed by atoms with E-state index in [4.69, 9.17) is 0 Å². The Morgan fingerprint density at radius 2 is 1.83 bits per heavy atom. The van der Waals surface area contributed by atoms with Gasteiger partial charge in [-0.25, -0.2) is 13.2 Å². The molecule has 3 nitrogen and oxygen atoms in total. The van der Waals surface area contributed by atoms with E-state index in [1.165, 1.54) is 18.2 Å². The molecule has 2 aromatic carbocycles. The summed E-state index contributed by atoms with van der Waals surface area (Å²) in [5.41, 5.74) is 1.19. The normalized spacial score (nSPS) is 17.9. The predicted octanol–water partition coefficient (Wildman–Crippen LogP) is 3.88. The molecule has 0 aliphatic carbocycles. The standard InChI is InChI=1S/C18H17F3N2O/c19-13-5-3-12(4-6-13)17-2-1-9-23(17)11-18(24)22-14-7-8-15(20)16(21)10-14/h3-8,10,17H,1-2,9,11H2,(H,22,24). The smallest absolute Gasteiger partial charge is 0.238 e. The largest absolute Gasteiger partial charge is 0.325 e. The van der Waals surface area contributed by atoms with Crippen LogP contribution in [0.2, 0.25) is 0 Å². The highest BCUT2D eigenvalue weighted by Crippen LogP contribution is 2.31. The summed E-state index contributed by atoms with van der Waals surface area (Å²) in [5.74, 6) is -2.54. The number of likely N-dealkylation sites (tertiary alicyclic amines) is 1. The van der Waals surface area contributed by atoms with E-state index >= 15 is 0 Å². The van der Waals surface area contributed by atoms with E-state index in [2.05, 4.69) is 5.32 Å². The van der Waals surface area contributed by atoms with Crippen LogP contribution < -0.4 is 5.32 Å². The lowest BCUT2D eigenvalue weighted by Gasteiger charge is -2.24. The molecule has 1 atom stereocenters. The van der Waals surface area contributed by atoms with Crippen LogP contribution in [0.15, 0.2) is 42.5 Å². The number of nitrogens with zero attached hydrogens (tertiary/aromatic N) is 1. The van der Waals surface area contributed by atoms with E-state index in [1.54, 1.807) is 12.1 Å². The number of amides is 1. The van der Waals surface area contributed by atoms with Gasteiger partial charge in [-0.3, -0.25) is 9.69 Å². The minimum absolute atomic E-state index is 0.0568. The zero-order chi connectivity index (χ0) is 17.1. The maximum atomic E-state index is 13.2. The van der Waals surface area contributed by atoms with Gasteiger partial charge < -0.3 is 5.32 Å². The van der Waals surface area contributed by atoms with E-state index in [0.29, 0.717) is 0 Å². The molecule has 1 amide bonds. The molecule has 6 heteroatoms. The Morgan fingerprint density at radius 1 is 1.08 bits per heavy atom. The van der Waals surface area contributed by atoms with Crippen molar-refractivity contribution in [1.82, 2.24) is 4.90 Å². The van der Waals surface area contributed by atoms with Gasteiger partial charge in [0.1, 0.15) is 5.82 Å². The third-order valence-corrected chi connectivity index (χ3v) is 4.17. The van der Waals surface area contributed by atoms with Gasteiger partial charge in [0.2, 0.25) is 5.91 Å². The highest BCUT2D eigenvalue weighted by molar-refractivity contribution is 5.92. The monoisotopic (exact) mass is 334 g/mol. The second-order valence-electron chi connectivity index (χ2n) is 5.86. The van der Waals surface area contributed by atoms with Crippen LogP contribution in [0.3, 0.4) is 0 Å². The van der Waals surface area contributed by atoms with E-state index in [9.17, 15) is 18.0 Å². The van der Waals surface area contributed by atoms with Crippen molar-refractivity contribution in [3.05, 3.63) is 65.5 Å². The quantitative estimate of drug-likeness (QED) is 0.920. The molecule has 1 aliphatic heterocycles. The average Bonchev–Trinajstić information content (AvgIpc) is 2.99. The average molecular weight is 334 g/mol. The van der Waals surface area contributed by atoms with Crippen molar-refractivity contribution in [2.24, 2.45) is 0 Å². The maximum Gasteiger partial charge on any atom is 0.238 e. The molecule has 1 N–H and O–H groups in total. The first-order valence-electron chi connectivity index (χ1n) is 7.77. The van der Waals surface area contributed by atoms with Crippen molar-refractivity contribution in [3.8, 4) is 0 Å². The molecule has 0 radical (unpaired) electrons. The number of rotatable bonds is 4. The zero-order valence-electron chi connectivity index (χ0n) is 12.9. The van der Waals surface area contributed by atoms with Crippen molar-refractivity contribution in [1.29, 1.82) is 0 Å². The molecule has 1 aliphatic rings. The molecular weight excluding hydrogens is 317 g/mol. The van der Waals surface area contributed by atoms with Crippen molar-refractivity contribution in [3.63, 3.8) is 0 Å². The van der Waals surface area contributed by atoms with Gasteiger partial charge >= 0.3 is 0 Å². The van der Waals surface area contributed by atoms with E-state index in [-0.39, 0.29) is 30.0 Å². The van der Waals surface area contributed by atoms with Gasteiger partial charge in [-0.2, -0.15) is 0 Å². The Morgan fingerprint density at radius 3 is 2.54 bits per heavy atom. The van der Waals surface area contributed by atoms with Gasteiger partial charge in [-0.1, -0.05) is 12.1 Å². The van der Waals surface area contributed by atoms with Gasteiger partial charge in [-0.15, -0.1) is 0 Å². The lowest BCUT2D eigenvalue weighted by molar-refractivity contribution is -0.117. The third kappa shape index (κ3) is 3.76. The van der Waals surface area contributed by atoms with Gasteiger partial charge in [-0.05, 0) is 49.2 Å². The Kier molecular flexibility index (Phi) is 4.85. The number of halogens is 3. The van der Waals surface area contributed by atoms with Crippen LogP contribution in [-0.2, 0) is 4.79 Å². The Hall–Kier alpha value is -2.34. The maximum absolute atomic E-state index is 13.2. The van der Waals surface area contributed by atoms with Crippen molar-refractivity contribution < 1.29 is 18.0 Å². The second-order valence-corrected chi connectivity index (χ2v) is 5.86. The van der Waals surface area contributed by atoms with Crippen LogP contribution in [-0.4, -0.2) is 23.9 Å². The Bertz CT molecular complexity index is 734. The summed E-state index contributed by atoms with van der Waals surface area (Å²) < 4.78 is 39.1. The fraction of sp³-hybridized carbons (Fsp3) is 0.278. The SMILES string of the molecule is O=C(CN1CCCC1c1ccc(F)cc1)Nc1ccc(F)c(F)c1. The first-order chi connectivity index (χ1) is 11.5. The fourth-order valence-electron chi connectivity index (χ4n) is 3.04. The van der Waals surface area contributed by atoms with Crippen molar-refractivity contribution >= 4 is 11.6 Å². The minimum Gasteiger partial charge on any atom is -0.325 e. The van der Waals surface area contributed by atoms with E-state index in [1.807, 2.05) is 4.90 Å². The number of anilines is 1. The molecule has 1 unspecified atom stereocenters. The molecule has 2 aromatic rings. The molecular formula is C18H17F3N2O. The fourth-order valence-corrected chi connectivity index (χ4v) is 3.04. The molecule has 1 fully saturated rings. The second kappa shape index (κ2) is 7.05. The Balaban J connectivity index is 1.64. The third-order valence-electron chi connectivity index (χ3n) is 4.17. The van der Waals surface area contributed by atoms with Gasteiger partial charge in [0.25, 0.3) is 0 Å². The number of nitrogens with one attached hydrogen (secondary N) is 1. The number of hydrogen-bond donors (Lipinski definition) is 1. The summed E-state index contributed by atoms with van der Waals surface area (Å²) in [6.07, 6.45) is 1.84. The molecule has 24 heavy (non-hydrogen) atoms. The van der Waals surface area contributed by atoms with Crippen LogP contribution >= 0.6 is 0 Å². The van der Waals surface area contributed by atoms with Crippen LogP contribution in [0.25, 0.3) is 0 Å². The number of carbonyl (C=O) groups is 1. The van der Waals surface area contributed by atoms with Gasteiger partial charge in [0.05, 0.1) is 6.54 Å². The highest BCUT2D eigenvalue weighted by atomic mass is 19.2. The van der Waals surface area contributed by atoms with Crippen molar-refractivity contribution in [2.45, 2.75) is 18.9 Å². The molecule has 0 saturated carbocycles. The summed E-state index contributed by atoms with van der Waals surface area (Å²) in [6, 6.07) is 9.58. The lowest BCUT2D eigenvalue weighted by Crippen LogP contribution is -2.33. The molecule has 0 bridgehead atoms. The summed E-state index contributed by atoms with van der Waals surface area (Å²) in [7, 11) is 0. The first kappa shape index (κ1) is 16.5. The van der Waals surface area contributed by atoms with E-state index in [0.717, 1.165) is 37.1 Å². The Labute approximate surface area is 138 Å². The molecule has 126 valence electrons. The number of hydrogen-bond acceptors (Lipinski definition) is 2. The zero-order valence-corrected chi connectivity index (χ0v) is 12.9. The highest BCUT2D eigenvalue weighted by Gasteiger charge is 2.27. The molecule has 1 saturated heterocycles. The molecule has 1 heterocycles. The number of carbonyl (C=O) groups excluding carboxylic acids is 1. The molecule has 0 aromatic heterocycles. The van der Waals surface area contributed by atoms with Gasteiger partial charge in [0, 0.05) is 17.8 Å². The van der Waals surface area contributed by atoms with E-state index < -0.39 is 11.6 Å². The molecule has 0 spiro atoms. The topological polar surface area (TPSA) is 32.3 Å². The summed E-state index contributed by atoms with van der Waals surface area (Å²) >= 11 is 0. The minimum atomic E-state index is -1.00. The van der Waals surface area contributed by atoms with Gasteiger partial charge in [0.15, 0.2) is 11.6 Å². The van der Waals surface area contributed by atoms with Crippen LogP contribution in [0.1, 0.15) is 24.4 Å². The van der Waals surface area contributed by atoms with Crippen molar-refractivity contribution in [2.75, 3.05) is 18.4 Å². The molecule has 3 rings (SSSR count). The summed E-state index contributed by atoms with van der Waals surface area (Å²) in [5, 5.41) is 2.57. The van der Waals surface area contributed by atoms with Crippen LogP contribution in [0.5, 0.6) is 0 Å². The number of benzene rings is 2.